The van der Waals surface area contributed by atoms with Crippen LogP contribution < -0.4 is 15.8 Å². The van der Waals surface area contributed by atoms with Gasteiger partial charge in [-0.1, -0.05) is 6.07 Å². The van der Waals surface area contributed by atoms with Crippen molar-refractivity contribution in [2.75, 3.05) is 24.8 Å². The molecule has 9 nitrogen and oxygen atoms in total. The Morgan fingerprint density at radius 2 is 2.23 bits per heavy atom. The fourth-order valence-electron chi connectivity index (χ4n) is 3.14. The molecule has 9 heteroatoms. The Bertz CT molecular complexity index is 936. The van der Waals surface area contributed by atoms with Crippen molar-refractivity contribution in [3.63, 3.8) is 0 Å². The number of rotatable bonds is 4. The molecule has 0 bridgehead atoms. The summed E-state index contributed by atoms with van der Waals surface area (Å²) >= 11 is 0. The van der Waals surface area contributed by atoms with Gasteiger partial charge in [-0.2, -0.15) is 9.97 Å². The van der Waals surface area contributed by atoms with Gasteiger partial charge in [0, 0.05) is 6.61 Å². The second-order valence-electron chi connectivity index (χ2n) is 6.06. The van der Waals surface area contributed by atoms with Crippen molar-refractivity contribution in [3.05, 3.63) is 24.5 Å². The number of nitrogens with one attached hydrogen (secondary N) is 1. The largest absolute Gasteiger partial charge is 0.504 e. The number of phenolic OH excluding ortho intramolecular Hbond substituents is 1. The lowest BCUT2D eigenvalue weighted by molar-refractivity contribution is -0.0298. The second kappa shape index (κ2) is 6.68. The minimum Gasteiger partial charge on any atom is -0.504 e. The minimum atomic E-state index is -0.105. The Balaban J connectivity index is 1.76. The number of benzene rings is 1. The van der Waals surface area contributed by atoms with Gasteiger partial charge in [0.2, 0.25) is 5.95 Å². The second-order valence-corrected chi connectivity index (χ2v) is 6.06. The maximum Gasteiger partial charge on any atom is 0.224 e. The predicted octanol–water partition coefficient (Wildman–Crippen LogP) is 2.57. The predicted molar refractivity (Wildman–Crippen MR) is 96.5 cm³/mol. The summed E-state index contributed by atoms with van der Waals surface area (Å²) < 4.78 is 13.0. The number of para-hydroxylation sites is 1. The van der Waals surface area contributed by atoms with Crippen molar-refractivity contribution in [1.29, 1.82) is 0 Å². The first-order chi connectivity index (χ1) is 12.7. The quantitative estimate of drug-likeness (QED) is 0.652. The number of hydrogen-bond donors (Lipinski definition) is 3. The molecule has 3 heterocycles. The maximum absolute atomic E-state index is 9.95. The van der Waals surface area contributed by atoms with Crippen LogP contribution in [0.15, 0.2) is 24.5 Å². The van der Waals surface area contributed by atoms with Crippen molar-refractivity contribution in [2.24, 2.45) is 0 Å². The summed E-state index contributed by atoms with van der Waals surface area (Å²) in [5, 5.41) is 13.1. The summed E-state index contributed by atoms with van der Waals surface area (Å²) in [5.74, 6) is 0.896. The number of aromatic nitrogens is 4. The van der Waals surface area contributed by atoms with Gasteiger partial charge in [-0.3, -0.25) is 4.57 Å². The normalized spacial score (nSPS) is 17.3. The van der Waals surface area contributed by atoms with Gasteiger partial charge in [-0.15, -0.1) is 0 Å². The molecular weight excluding hydrogens is 336 g/mol. The number of ether oxygens (including phenoxy) is 2. The van der Waals surface area contributed by atoms with Crippen LogP contribution in [-0.4, -0.2) is 38.3 Å². The van der Waals surface area contributed by atoms with E-state index in [0.717, 1.165) is 25.9 Å². The Hall–Kier alpha value is -3.07. The van der Waals surface area contributed by atoms with E-state index in [4.69, 9.17) is 15.2 Å². The monoisotopic (exact) mass is 356 g/mol. The first kappa shape index (κ1) is 16.4. The fourth-order valence-corrected chi connectivity index (χ4v) is 3.14. The lowest BCUT2D eigenvalue weighted by atomic mass is 10.2. The number of imidazole rings is 1. The van der Waals surface area contributed by atoms with Gasteiger partial charge in [-0.25, -0.2) is 4.98 Å². The number of hydrogen-bond acceptors (Lipinski definition) is 8. The zero-order valence-electron chi connectivity index (χ0n) is 14.3. The number of nitrogen functional groups attached to an aromatic ring is 1. The third-order valence-corrected chi connectivity index (χ3v) is 4.36. The van der Waals surface area contributed by atoms with Gasteiger partial charge >= 0.3 is 0 Å². The number of anilines is 3. The molecule has 1 aliphatic heterocycles. The highest BCUT2D eigenvalue weighted by atomic mass is 16.5. The first-order valence-electron chi connectivity index (χ1n) is 8.42. The molecule has 1 saturated heterocycles. The third-order valence-electron chi connectivity index (χ3n) is 4.36. The van der Waals surface area contributed by atoms with E-state index in [9.17, 15) is 5.11 Å². The van der Waals surface area contributed by atoms with Crippen LogP contribution >= 0.6 is 0 Å². The number of aromatic hydroxyl groups is 1. The molecule has 3 aromatic rings. The molecule has 0 aliphatic carbocycles. The molecule has 26 heavy (non-hydrogen) atoms. The molecule has 1 atom stereocenters. The lowest BCUT2D eigenvalue weighted by Crippen LogP contribution is -2.18. The molecule has 0 radical (unpaired) electrons. The summed E-state index contributed by atoms with van der Waals surface area (Å²) in [6, 6.07) is 5.02. The Morgan fingerprint density at radius 3 is 3.00 bits per heavy atom. The number of phenols is 1. The molecule has 0 amide bonds. The van der Waals surface area contributed by atoms with Crippen LogP contribution in [0.2, 0.25) is 0 Å². The molecule has 136 valence electrons. The van der Waals surface area contributed by atoms with Crippen LogP contribution in [0, 0.1) is 0 Å². The van der Waals surface area contributed by atoms with Crippen LogP contribution in [-0.2, 0) is 4.74 Å². The highest BCUT2D eigenvalue weighted by Crippen LogP contribution is 2.37. The standard InChI is InChI=1S/C17H20N6O3/c1-25-14-10(5-4-6-11(14)24)20-15-13-16(22-17(18)21-15)23(9-19-13)12-7-2-3-8-26-12/h4-6,9,12,24H,2-3,7-8H2,1H3,(H3,18,20,21,22). The van der Waals surface area contributed by atoms with Gasteiger partial charge in [0.25, 0.3) is 0 Å². The highest BCUT2D eigenvalue weighted by molar-refractivity contribution is 5.87. The van der Waals surface area contributed by atoms with E-state index in [1.807, 2.05) is 4.57 Å². The fraction of sp³-hybridized carbons (Fsp3) is 0.353. The number of nitrogens with two attached hydrogens (primary N) is 1. The summed E-state index contributed by atoms with van der Waals surface area (Å²) in [5.41, 5.74) is 7.63. The molecule has 0 spiro atoms. The van der Waals surface area contributed by atoms with Crippen LogP contribution in [0.3, 0.4) is 0 Å². The Kier molecular flexibility index (Phi) is 4.21. The van der Waals surface area contributed by atoms with E-state index in [1.165, 1.54) is 7.11 Å². The van der Waals surface area contributed by atoms with Gasteiger partial charge in [0.05, 0.1) is 19.1 Å². The van der Waals surface area contributed by atoms with E-state index in [2.05, 4.69) is 20.3 Å². The average Bonchev–Trinajstić information content (AvgIpc) is 3.06. The summed E-state index contributed by atoms with van der Waals surface area (Å²) in [7, 11) is 1.49. The first-order valence-corrected chi connectivity index (χ1v) is 8.42. The SMILES string of the molecule is COc1c(O)cccc1Nc1nc(N)nc2c1ncn2C1CCCCO1. The van der Waals surface area contributed by atoms with Crippen molar-refractivity contribution < 1.29 is 14.6 Å². The van der Waals surface area contributed by atoms with Crippen molar-refractivity contribution in [1.82, 2.24) is 19.5 Å². The van der Waals surface area contributed by atoms with Crippen molar-refractivity contribution in [3.8, 4) is 11.5 Å². The number of fused-ring (bicyclic) bond motifs is 1. The smallest absolute Gasteiger partial charge is 0.224 e. The molecule has 4 N–H and O–H groups in total. The van der Waals surface area contributed by atoms with Crippen LogP contribution in [0.5, 0.6) is 11.5 Å². The molecule has 4 rings (SSSR count). The molecule has 1 aliphatic rings. The van der Waals surface area contributed by atoms with Crippen molar-refractivity contribution in [2.45, 2.75) is 25.5 Å². The molecular formula is C17H20N6O3. The Labute approximate surface area is 149 Å². The molecule has 2 aromatic heterocycles. The van der Waals surface area contributed by atoms with Crippen LogP contribution in [0.25, 0.3) is 11.2 Å². The van der Waals surface area contributed by atoms with E-state index in [-0.39, 0.29) is 17.9 Å². The highest BCUT2D eigenvalue weighted by Gasteiger charge is 2.21. The maximum atomic E-state index is 9.95. The van der Waals surface area contributed by atoms with Gasteiger partial charge < -0.3 is 25.6 Å². The Morgan fingerprint density at radius 1 is 1.35 bits per heavy atom. The minimum absolute atomic E-state index is 0.0249. The molecule has 1 aromatic carbocycles. The zero-order valence-corrected chi connectivity index (χ0v) is 14.3. The lowest BCUT2D eigenvalue weighted by Gasteiger charge is -2.23. The van der Waals surface area contributed by atoms with Gasteiger partial charge in [-0.05, 0) is 31.4 Å². The van der Waals surface area contributed by atoms with E-state index in [0.29, 0.717) is 28.4 Å². The van der Waals surface area contributed by atoms with E-state index in [1.54, 1.807) is 24.5 Å². The topological polar surface area (TPSA) is 120 Å². The van der Waals surface area contributed by atoms with E-state index >= 15 is 0 Å². The van der Waals surface area contributed by atoms with Gasteiger partial charge in [0.15, 0.2) is 28.5 Å². The zero-order chi connectivity index (χ0) is 18.1. The summed E-state index contributed by atoms with van der Waals surface area (Å²) in [6.45, 7) is 0.719. The molecule has 1 fully saturated rings. The van der Waals surface area contributed by atoms with Crippen molar-refractivity contribution >= 4 is 28.6 Å². The third kappa shape index (κ3) is 2.86. The summed E-state index contributed by atoms with van der Waals surface area (Å²) in [6.07, 6.45) is 4.64. The van der Waals surface area contributed by atoms with E-state index < -0.39 is 0 Å². The molecule has 1 unspecified atom stereocenters. The average molecular weight is 356 g/mol. The number of nitrogens with zero attached hydrogens (tertiary/aromatic N) is 4. The van der Waals surface area contributed by atoms with Gasteiger partial charge in [0.1, 0.15) is 6.23 Å². The van der Waals surface area contributed by atoms with Crippen LogP contribution in [0.1, 0.15) is 25.5 Å². The van der Waals surface area contributed by atoms with Crippen LogP contribution in [0.4, 0.5) is 17.5 Å². The number of methoxy groups -OCH3 is 1. The summed E-state index contributed by atoms with van der Waals surface area (Å²) in [4.78, 5) is 13.0. The molecule has 0 saturated carbocycles.